The van der Waals surface area contributed by atoms with Crippen molar-refractivity contribution in [1.82, 2.24) is 14.5 Å². The van der Waals surface area contributed by atoms with Crippen LogP contribution in [0.1, 0.15) is 49.7 Å². The van der Waals surface area contributed by atoms with E-state index in [1.165, 1.54) is 15.7 Å². The zero-order valence-electron chi connectivity index (χ0n) is 16.3. The number of rotatable bonds is 7. The van der Waals surface area contributed by atoms with E-state index >= 15 is 0 Å². The number of amides is 1. The Morgan fingerprint density at radius 1 is 1.33 bits per heavy atom. The lowest BCUT2D eigenvalue weighted by Gasteiger charge is -2.26. The minimum atomic E-state index is -0.667. The minimum Gasteiger partial charge on any atom is -0.383 e. The topological polar surface area (TPSA) is 114 Å². The number of carbonyl (C=O) groups excluding carboxylic acids is 1. The second-order valence-corrected chi connectivity index (χ2v) is 7.00. The number of aryl methyl sites for hydroxylation is 1. The van der Waals surface area contributed by atoms with E-state index in [1.54, 1.807) is 12.1 Å². The maximum atomic E-state index is 13.1. The lowest BCUT2D eigenvalue weighted by molar-refractivity contribution is 0.0983. The molecule has 0 spiro atoms. The Balaban J connectivity index is 2.59. The van der Waals surface area contributed by atoms with Gasteiger partial charge in [0.15, 0.2) is 5.69 Å². The summed E-state index contributed by atoms with van der Waals surface area (Å²) in [6, 6.07) is 3.39. The van der Waals surface area contributed by atoms with Crippen LogP contribution in [0.2, 0.25) is 0 Å². The fourth-order valence-electron chi connectivity index (χ4n) is 2.77. The number of hydrogen-bond donors (Lipinski definition) is 2. The highest BCUT2D eigenvalue weighted by molar-refractivity contribution is 6.07. The van der Waals surface area contributed by atoms with Gasteiger partial charge in [-0.3, -0.25) is 24.1 Å². The predicted molar refractivity (Wildman–Crippen MR) is 106 cm³/mol. The third kappa shape index (κ3) is 4.64. The van der Waals surface area contributed by atoms with Crippen molar-refractivity contribution in [3.05, 3.63) is 50.4 Å². The first kappa shape index (κ1) is 20.4. The van der Waals surface area contributed by atoms with Gasteiger partial charge in [0, 0.05) is 25.0 Å². The maximum Gasteiger partial charge on any atom is 0.330 e. The molecule has 2 aromatic rings. The average molecular weight is 373 g/mol. The van der Waals surface area contributed by atoms with E-state index in [1.807, 2.05) is 27.7 Å². The minimum absolute atomic E-state index is 0.00461. The summed E-state index contributed by atoms with van der Waals surface area (Å²) in [7, 11) is 0. The molecule has 2 heterocycles. The molecule has 0 atom stereocenters. The molecule has 0 radical (unpaired) electrons. The predicted octanol–water partition coefficient (Wildman–Crippen LogP) is 1.93. The molecule has 0 unspecified atom stereocenters. The Morgan fingerprint density at radius 3 is 2.59 bits per heavy atom. The van der Waals surface area contributed by atoms with Crippen LogP contribution in [0.5, 0.6) is 0 Å². The number of hydrogen-bond acceptors (Lipinski definition) is 5. The molecule has 3 N–H and O–H groups in total. The molecule has 146 valence electrons. The maximum absolute atomic E-state index is 13.1. The number of aromatic nitrogens is 3. The second kappa shape index (κ2) is 8.66. The van der Waals surface area contributed by atoms with Crippen LogP contribution in [0.4, 0.5) is 11.5 Å². The van der Waals surface area contributed by atoms with Crippen molar-refractivity contribution in [2.45, 2.75) is 47.1 Å². The molecular weight excluding hydrogens is 346 g/mol. The van der Waals surface area contributed by atoms with Crippen LogP contribution in [0.3, 0.4) is 0 Å². The van der Waals surface area contributed by atoms with Crippen molar-refractivity contribution in [2.24, 2.45) is 5.92 Å². The van der Waals surface area contributed by atoms with Crippen LogP contribution in [-0.4, -0.2) is 27.0 Å². The van der Waals surface area contributed by atoms with Crippen LogP contribution in [0.25, 0.3) is 0 Å². The molecule has 0 aliphatic heterocycles. The molecule has 0 aliphatic rings. The highest BCUT2D eigenvalue weighted by Crippen LogP contribution is 2.21. The van der Waals surface area contributed by atoms with Gasteiger partial charge in [0.05, 0.1) is 5.56 Å². The molecule has 8 nitrogen and oxygen atoms in total. The van der Waals surface area contributed by atoms with E-state index in [-0.39, 0.29) is 29.9 Å². The molecule has 0 aliphatic carbocycles. The van der Waals surface area contributed by atoms with Gasteiger partial charge in [0.2, 0.25) is 0 Å². The van der Waals surface area contributed by atoms with Crippen LogP contribution >= 0.6 is 0 Å². The van der Waals surface area contributed by atoms with Gasteiger partial charge >= 0.3 is 5.69 Å². The quantitative estimate of drug-likeness (QED) is 0.770. The number of nitrogen functional groups attached to an aromatic ring is 1. The number of aromatic amines is 1. The van der Waals surface area contributed by atoms with Gasteiger partial charge in [0.1, 0.15) is 5.82 Å². The summed E-state index contributed by atoms with van der Waals surface area (Å²) in [5.74, 6) is -0.289. The van der Waals surface area contributed by atoms with Crippen molar-refractivity contribution in [3.8, 4) is 0 Å². The lowest BCUT2D eigenvalue weighted by Crippen LogP contribution is -2.42. The SMILES string of the molecule is CCCCn1c(N)c(N(CC(C)C)C(=O)c2ccc(C)nc2)c(=O)[nH]c1=O. The number of carbonyl (C=O) groups is 1. The van der Waals surface area contributed by atoms with Gasteiger partial charge in [-0.15, -0.1) is 0 Å². The molecule has 0 fully saturated rings. The van der Waals surface area contributed by atoms with E-state index in [0.717, 1.165) is 18.5 Å². The highest BCUT2D eigenvalue weighted by Gasteiger charge is 2.26. The van der Waals surface area contributed by atoms with Crippen molar-refractivity contribution >= 4 is 17.4 Å². The standard InChI is InChI=1S/C19H27N5O3/c1-5-6-9-23-16(20)15(17(25)22-19(23)27)24(11-12(2)3)18(26)14-8-7-13(4)21-10-14/h7-8,10,12H,5-6,9,11,20H2,1-4H3,(H,22,25,27). The highest BCUT2D eigenvalue weighted by atomic mass is 16.2. The van der Waals surface area contributed by atoms with Crippen LogP contribution in [0.15, 0.2) is 27.9 Å². The van der Waals surface area contributed by atoms with E-state index in [0.29, 0.717) is 12.1 Å². The number of H-pyrrole nitrogens is 1. The molecule has 2 aromatic heterocycles. The number of nitrogens with two attached hydrogens (primary N) is 1. The number of nitrogens with zero attached hydrogens (tertiary/aromatic N) is 3. The van der Waals surface area contributed by atoms with E-state index in [9.17, 15) is 14.4 Å². The molecular formula is C19H27N5O3. The third-order valence-corrected chi connectivity index (χ3v) is 4.17. The molecule has 0 saturated carbocycles. The van der Waals surface area contributed by atoms with E-state index in [2.05, 4.69) is 9.97 Å². The zero-order valence-corrected chi connectivity index (χ0v) is 16.3. The summed E-state index contributed by atoms with van der Waals surface area (Å²) >= 11 is 0. The summed E-state index contributed by atoms with van der Waals surface area (Å²) in [6.45, 7) is 8.35. The second-order valence-electron chi connectivity index (χ2n) is 7.00. The fraction of sp³-hybridized carbons (Fsp3) is 0.474. The van der Waals surface area contributed by atoms with Crippen LogP contribution in [-0.2, 0) is 6.54 Å². The normalized spacial score (nSPS) is 11.0. The molecule has 2 rings (SSSR count). The summed E-state index contributed by atoms with van der Waals surface area (Å²) in [6.07, 6.45) is 3.07. The summed E-state index contributed by atoms with van der Waals surface area (Å²) in [4.78, 5) is 45.6. The molecule has 0 bridgehead atoms. The summed E-state index contributed by atoms with van der Waals surface area (Å²) in [5, 5.41) is 0. The summed E-state index contributed by atoms with van der Waals surface area (Å²) < 4.78 is 1.31. The Kier molecular flexibility index (Phi) is 6.55. The molecule has 27 heavy (non-hydrogen) atoms. The Morgan fingerprint density at radius 2 is 2.04 bits per heavy atom. The largest absolute Gasteiger partial charge is 0.383 e. The Hall–Kier alpha value is -2.90. The zero-order chi connectivity index (χ0) is 20.1. The van der Waals surface area contributed by atoms with Gasteiger partial charge in [-0.2, -0.15) is 0 Å². The van der Waals surface area contributed by atoms with Gasteiger partial charge in [0.25, 0.3) is 11.5 Å². The van der Waals surface area contributed by atoms with E-state index in [4.69, 9.17) is 5.73 Å². The molecule has 0 aromatic carbocycles. The average Bonchev–Trinajstić information content (AvgIpc) is 2.60. The smallest absolute Gasteiger partial charge is 0.330 e. The number of nitrogens with one attached hydrogen (secondary N) is 1. The monoisotopic (exact) mass is 373 g/mol. The number of unbranched alkanes of at least 4 members (excludes halogenated alkanes) is 1. The Labute approximate surface area is 158 Å². The first-order valence-corrected chi connectivity index (χ1v) is 9.13. The van der Waals surface area contributed by atoms with Gasteiger partial charge < -0.3 is 10.6 Å². The number of anilines is 2. The fourth-order valence-corrected chi connectivity index (χ4v) is 2.77. The van der Waals surface area contributed by atoms with Crippen molar-refractivity contribution in [2.75, 3.05) is 17.2 Å². The van der Waals surface area contributed by atoms with Crippen molar-refractivity contribution < 1.29 is 4.79 Å². The van der Waals surface area contributed by atoms with Gasteiger partial charge in [-0.1, -0.05) is 27.2 Å². The molecule has 1 amide bonds. The third-order valence-electron chi connectivity index (χ3n) is 4.17. The lowest BCUT2D eigenvalue weighted by atomic mass is 10.1. The van der Waals surface area contributed by atoms with Crippen LogP contribution in [0, 0.1) is 12.8 Å². The first-order chi connectivity index (χ1) is 12.8. The van der Waals surface area contributed by atoms with Crippen LogP contribution < -0.4 is 21.9 Å². The number of pyridine rings is 1. The Bertz CT molecular complexity index is 912. The molecule has 0 saturated heterocycles. The van der Waals surface area contributed by atoms with Gasteiger partial charge in [-0.05, 0) is 31.4 Å². The van der Waals surface area contributed by atoms with Crippen molar-refractivity contribution in [3.63, 3.8) is 0 Å². The van der Waals surface area contributed by atoms with Crippen molar-refractivity contribution in [1.29, 1.82) is 0 Å². The van der Waals surface area contributed by atoms with Gasteiger partial charge in [-0.25, -0.2) is 4.79 Å². The first-order valence-electron chi connectivity index (χ1n) is 9.13. The summed E-state index contributed by atoms with van der Waals surface area (Å²) in [5.41, 5.74) is 6.08. The van der Waals surface area contributed by atoms with E-state index < -0.39 is 11.2 Å². The molecule has 8 heteroatoms.